The average Bonchev–Trinajstić information content (AvgIpc) is 3.01. The number of aromatic nitrogens is 2. The monoisotopic (exact) mass is 339 g/mol. The topological polar surface area (TPSA) is 67.2 Å². The van der Waals surface area contributed by atoms with Crippen LogP contribution in [-0.4, -0.2) is 27.4 Å². The van der Waals surface area contributed by atoms with E-state index in [1.165, 1.54) is 12.1 Å². The van der Waals surface area contributed by atoms with Crippen LogP contribution in [0.4, 0.5) is 10.2 Å². The molecule has 0 atom stereocenters. The summed E-state index contributed by atoms with van der Waals surface area (Å²) in [5.74, 6) is -0.0528. The smallest absolute Gasteiger partial charge is 0.229 e. The number of carbonyl (C=O) groups excluding carboxylic acids is 1. The van der Waals surface area contributed by atoms with E-state index >= 15 is 0 Å². The Morgan fingerprint density at radius 1 is 1.12 bits per heavy atom. The van der Waals surface area contributed by atoms with E-state index in [-0.39, 0.29) is 31.3 Å². The molecule has 6 heteroatoms. The summed E-state index contributed by atoms with van der Waals surface area (Å²) in [5, 5.41) is 16.4. The van der Waals surface area contributed by atoms with Crippen LogP contribution in [0.5, 0.6) is 0 Å². The van der Waals surface area contributed by atoms with Crippen LogP contribution in [0.15, 0.2) is 60.7 Å². The molecule has 0 radical (unpaired) electrons. The number of nitrogens with zero attached hydrogens (tertiary/aromatic N) is 2. The van der Waals surface area contributed by atoms with Crippen molar-refractivity contribution in [3.05, 3.63) is 72.0 Å². The molecule has 0 saturated heterocycles. The molecule has 2 N–H and O–H groups in total. The number of benzene rings is 2. The fourth-order valence-corrected chi connectivity index (χ4v) is 2.51. The molecule has 0 aliphatic rings. The molecule has 0 fully saturated rings. The van der Waals surface area contributed by atoms with Crippen molar-refractivity contribution in [2.45, 2.75) is 13.0 Å². The molecule has 0 bridgehead atoms. The van der Waals surface area contributed by atoms with Gasteiger partial charge in [-0.15, -0.1) is 0 Å². The maximum absolute atomic E-state index is 12.9. The molecule has 0 unspecified atom stereocenters. The number of hydrogen-bond donors (Lipinski definition) is 2. The Balaban J connectivity index is 1.77. The van der Waals surface area contributed by atoms with Crippen LogP contribution in [-0.2, 0) is 17.8 Å². The summed E-state index contributed by atoms with van der Waals surface area (Å²) in [7, 11) is 0. The Morgan fingerprint density at radius 3 is 2.52 bits per heavy atom. The zero-order valence-electron chi connectivity index (χ0n) is 13.5. The molecule has 1 heterocycles. The molecule has 25 heavy (non-hydrogen) atoms. The van der Waals surface area contributed by atoms with Gasteiger partial charge in [-0.05, 0) is 17.7 Å². The van der Waals surface area contributed by atoms with E-state index in [1.54, 1.807) is 22.9 Å². The third kappa shape index (κ3) is 4.30. The first-order valence-electron chi connectivity index (χ1n) is 7.94. The van der Waals surface area contributed by atoms with Gasteiger partial charge in [-0.2, -0.15) is 5.10 Å². The molecule has 3 aromatic rings. The zero-order chi connectivity index (χ0) is 17.6. The molecule has 5 nitrogen and oxygen atoms in total. The van der Waals surface area contributed by atoms with E-state index in [0.717, 1.165) is 11.1 Å². The molecular formula is C19H18FN3O2. The molecule has 0 aliphatic carbocycles. The van der Waals surface area contributed by atoms with Crippen molar-refractivity contribution < 1.29 is 14.3 Å². The summed E-state index contributed by atoms with van der Waals surface area (Å²) in [6, 6.07) is 17.2. The zero-order valence-corrected chi connectivity index (χ0v) is 13.5. The SMILES string of the molecule is O=C(Cc1ccc(F)cc1)Nc1cc(-c2ccccc2)nn1CCO. The van der Waals surface area contributed by atoms with Gasteiger partial charge < -0.3 is 10.4 Å². The van der Waals surface area contributed by atoms with Crippen LogP contribution in [0.3, 0.4) is 0 Å². The minimum absolute atomic E-state index is 0.0866. The van der Waals surface area contributed by atoms with Crippen LogP contribution >= 0.6 is 0 Å². The fourth-order valence-electron chi connectivity index (χ4n) is 2.51. The van der Waals surface area contributed by atoms with Gasteiger partial charge in [-0.3, -0.25) is 4.79 Å². The second kappa shape index (κ2) is 7.72. The normalized spacial score (nSPS) is 10.6. The van der Waals surface area contributed by atoms with E-state index in [4.69, 9.17) is 0 Å². The van der Waals surface area contributed by atoms with Gasteiger partial charge in [0.05, 0.1) is 25.3 Å². The Bertz CT molecular complexity index is 845. The van der Waals surface area contributed by atoms with Crippen molar-refractivity contribution >= 4 is 11.7 Å². The largest absolute Gasteiger partial charge is 0.394 e. The third-order valence-corrected chi connectivity index (χ3v) is 3.71. The standard InChI is InChI=1S/C19H18FN3O2/c20-16-8-6-14(7-9-16)12-19(25)21-18-13-17(22-23(18)10-11-24)15-4-2-1-3-5-15/h1-9,13,24H,10-12H2,(H,21,25). The predicted octanol–water partition coefficient (Wildman–Crippen LogP) is 2.86. The summed E-state index contributed by atoms with van der Waals surface area (Å²) < 4.78 is 14.5. The average molecular weight is 339 g/mol. The van der Waals surface area contributed by atoms with Gasteiger partial charge in [-0.1, -0.05) is 42.5 Å². The highest BCUT2D eigenvalue weighted by Gasteiger charge is 2.12. The van der Waals surface area contributed by atoms with E-state index in [9.17, 15) is 14.3 Å². The molecule has 1 amide bonds. The van der Waals surface area contributed by atoms with Gasteiger partial charge in [0.2, 0.25) is 5.91 Å². The maximum Gasteiger partial charge on any atom is 0.229 e. The Kier molecular flexibility index (Phi) is 5.20. The lowest BCUT2D eigenvalue weighted by Gasteiger charge is -2.07. The number of amides is 1. The summed E-state index contributed by atoms with van der Waals surface area (Å²) in [5.41, 5.74) is 2.36. The Morgan fingerprint density at radius 2 is 1.84 bits per heavy atom. The minimum atomic E-state index is -0.335. The van der Waals surface area contributed by atoms with Crippen molar-refractivity contribution in [3.8, 4) is 11.3 Å². The van der Waals surface area contributed by atoms with Crippen molar-refractivity contribution in [2.24, 2.45) is 0 Å². The van der Waals surface area contributed by atoms with Crippen molar-refractivity contribution in [2.75, 3.05) is 11.9 Å². The van der Waals surface area contributed by atoms with Crippen LogP contribution < -0.4 is 5.32 Å². The second-order valence-electron chi connectivity index (χ2n) is 5.58. The van der Waals surface area contributed by atoms with Gasteiger partial charge in [0, 0.05) is 11.6 Å². The van der Waals surface area contributed by atoms with Crippen LogP contribution in [0.2, 0.25) is 0 Å². The van der Waals surface area contributed by atoms with E-state index < -0.39 is 0 Å². The van der Waals surface area contributed by atoms with Gasteiger partial charge in [0.25, 0.3) is 0 Å². The Labute approximate surface area is 144 Å². The highest BCUT2D eigenvalue weighted by atomic mass is 19.1. The van der Waals surface area contributed by atoms with E-state index in [2.05, 4.69) is 10.4 Å². The molecule has 0 saturated carbocycles. The molecule has 2 aromatic carbocycles. The molecule has 0 spiro atoms. The highest BCUT2D eigenvalue weighted by Crippen LogP contribution is 2.22. The van der Waals surface area contributed by atoms with Gasteiger partial charge in [0.15, 0.2) is 0 Å². The first kappa shape index (κ1) is 16.9. The molecule has 3 rings (SSSR count). The first-order valence-corrected chi connectivity index (χ1v) is 7.94. The van der Waals surface area contributed by atoms with Gasteiger partial charge in [-0.25, -0.2) is 9.07 Å². The number of nitrogens with one attached hydrogen (secondary N) is 1. The second-order valence-corrected chi connectivity index (χ2v) is 5.58. The quantitative estimate of drug-likeness (QED) is 0.726. The minimum Gasteiger partial charge on any atom is -0.394 e. The third-order valence-electron chi connectivity index (χ3n) is 3.71. The lowest BCUT2D eigenvalue weighted by atomic mass is 10.1. The number of rotatable bonds is 6. The van der Waals surface area contributed by atoms with Crippen molar-refractivity contribution in [3.63, 3.8) is 0 Å². The maximum atomic E-state index is 12.9. The van der Waals surface area contributed by atoms with Gasteiger partial charge in [0.1, 0.15) is 11.6 Å². The summed E-state index contributed by atoms with van der Waals surface area (Å²) in [6.45, 7) is 0.190. The lowest BCUT2D eigenvalue weighted by molar-refractivity contribution is -0.115. The van der Waals surface area contributed by atoms with Crippen molar-refractivity contribution in [1.82, 2.24) is 9.78 Å². The van der Waals surface area contributed by atoms with Crippen molar-refractivity contribution in [1.29, 1.82) is 0 Å². The summed E-state index contributed by atoms with van der Waals surface area (Å²) >= 11 is 0. The van der Waals surface area contributed by atoms with Gasteiger partial charge >= 0.3 is 0 Å². The predicted molar refractivity (Wildman–Crippen MR) is 93.5 cm³/mol. The number of halogens is 1. The fraction of sp³-hybridized carbons (Fsp3) is 0.158. The molecular weight excluding hydrogens is 321 g/mol. The molecule has 128 valence electrons. The van der Waals surface area contributed by atoms with E-state index in [1.807, 2.05) is 30.3 Å². The number of hydrogen-bond acceptors (Lipinski definition) is 3. The number of aliphatic hydroxyl groups is 1. The molecule has 1 aromatic heterocycles. The Hall–Kier alpha value is -2.99. The van der Waals surface area contributed by atoms with Crippen LogP contribution in [0, 0.1) is 5.82 Å². The molecule has 0 aliphatic heterocycles. The number of aliphatic hydroxyl groups excluding tert-OH is 1. The van der Waals surface area contributed by atoms with Crippen LogP contribution in [0.1, 0.15) is 5.56 Å². The summed E-state index contributed by atoms with van der Waals surface area (Å²) in [4.78, 5) is 12.3. The summed E-state index contributed by atoms with van der Waals surface area (Å²) in [6.07, 6.45) is 0.130. The number of anilines is 1. The van der Waals surface area contributed by atoms with Crippen LogP contribution in [0.25, 0.3) is 11.3 Å². The highest BCUT2D eigenvalue weighted by molar-refractivity contribution is 5.92. The first-order chi connectivity index (χ1) is 12.2. The number of carbonyl (C=O) groups is 1. The van der Waals surface area contributed by atoms with E-state index in [0.29, 0.717) is 11.5 Å². The lowest BCUT2D eigenvalue weighted by Crippen LogP contribution is -2.18.